The summed E-state index contributed by atoms with van der Waals surface area (Å²) in [7, 11) is 0. The lowest BCUT2D eigenvalue weighted by Gasteiger charge is -2.34. The molecule has 0 radical (unpaired) electrons. The van der Waals surface area contributed by atoms with Crippen molar-refractivity contribution in [3.63, 3.8) is 0 Å². The summed E-state index contributed by atoms with van der Waals surface area (Å²) < 4.78 is 0. The smallest absolute Gasteiger partial charge is 0.177 e. The first kappa shape index (κ1) is 31.2. The lowest BCUT2D eigenvalue weighted by molar-refractivity contribution is 0.518. The molecule has 0 saturated heterocycles. The summed E-state index contributed by atoms with van der Waals surface area (Å²) in [4.78, 5) is 10.6. The van der Waals surface area contributed by atoms with Gasteiger partial charge in [0, 0.05) is 16.7 Å². The maximum absolute atomic E-state index is 9.44. The van der Waals surface area contributed by atoms with E-state index < -0.39 is 11.1 Å². The summed E-state index contributed by atoms with van der Waals surface area (Å²) in [5, 5.41) is 13.1. The molecule has 7 aromatic rings. The van der Waals surface area contributed by atoms with Crippen molar-refractivity contribution >= 4 is 11.7 Å². The largest absolute Gasteiger partial charge is 0.324 e. The molecule has 52 heavy (non-hydrogen) atoms. The van der Waals surface area contributed by atoms with Crippen LogP contribution < -0.4 is 5.32 Å². The van der Waals surface area contributed by atoms with Gasteiger partial charge in [0.1, 0.15) is 11.7 Å². The molecular formula is C48H34N4. The molecule has 0 fully saturated rings. The Labute approximate surface area is 304 Å². The van der Waals surface area contributed by atoms with Crippen LogP contribution in [0, 0.1) is 11.3 Å². The van der Waals surface area contributed by atoms with E-state index in [0.717, 1.165) is 39.5 Å². The Morgan fingerprint density at radius 1 is 0.462 bits per heavy atom. The Hall–Kier alpha value is -6.83. The maximum Gasteiger partial charge on any atom is 0.177 e. The second-order valence-corrected chi connectivity index (χ2v) is 13.5. The molecule has 4 heteroatoms. The lowest BCUT2D eigenvalue weighted by Crippen LogP contribution is -2.41. The van der Waals surface area contributed by atoms with E-state index in [-0.39, 0.29) is 0 Å². The number of nitrogens with zero attached hydrogens (tertiary/aromatic N) is 3. The Morgan fingerprint density at radius 3 is 1.63 bits per heavy atom. The van der Waals surface area contributed by atoms with Crippen LogP contribution in [-0.4, -0.2) is 11.7 Å². The van der Waals surface area contributed by atoms with Crippen molar-refractivity contribution in [2.45, 2.75) is 18.0 Å². The van der Waals surface area contributed by atoms with Gasteiger partial charge in [-0.1, -0.05) is 164 Å². The minimum absolute atomic E-state index is 0.516. The van der Waals surface area contributed by atoms with Crippen molar-refractivity contribution in [3.8, 4) is 28.3 Å². The van der Waals surface area contributed by atoms with E-state index in [0.29, 0.717) is 5.56 Å². The third kappa shape index (κ3) is 5.06. The molecule has 1 atom stereocenters. The molecule has 0 amide bonds. The normalized spacial score (nSPS) is 16.8. The third-order valence-corrected chi connectivity index (χ3v) is 10.4. The Kier molecular flexibility index (Phi) is 7.49. The van der Waals surface area contributed by atoms with Crippen LogP contribution in [0.1, 0.15) is 51.4 Å². The molecule has 1 aliphatic carbocycles. The molecule has 1 unspecified atom stereocenters. The number of hydrogen-bond acceptors (Lipinski definition) is 4. The fraction of sp³-hybridized carbons (Fsp3) is 0.0625. The van der Waals surface area contributed by atoms with Gasteiger partial charge in [-0.25, -0.2) is 9.98 Å². The highest BCUT2D eigenvalue weighted by atomic mass is 15.2. The van der Waals surface area contributed by atoms with Gasteiger partial charge in [0.2, 0.25) is 0 Å². The predicted molar refractivity (Wildman–Crippen MR) is 210 cm³/mol. The number of amidine groups is 2. The highest BCUT2D eigenvalue weighted by Gasteiger charge is 2.46. The zero-order valence-electron chi connectivity index (χ0n) is 28.7. The van der Waals surface area contributed by atoms with E-state index in [1.165, 1.54) is 33.4 Å². The van der Waals surface area contributed by atoms with E-state index in [1.54, 1.807) is 0 Å². The molecule has 0 bridgehead atoms. The van der Waals surface area contributed by atoms with E-state index in [1.807, 2.05) is 42.5 Å². The summed E-state index contributed by atoms with van der Waals surface area (Å²) in [6.45, 7) is 2.07. The zero-order valence-corrected chi connectivity index (χ0v) is 28.7. The van der Waals surface area contributed by atoms with Crippen LogP contribution in [0.15, 0.2) is 192 Å². The van der Waals surface area contributed by atoms with Gasteiger partial charge in [0.15, 0.2) is 5.66 Å². The summed E-state index contributed by atoms with van der Waals surface area (Å²) in [5.41, 5.74) is 11.7. The zero-order chi connectivity index (χ0) is 35.1. The van der Waals surface area contributed by atoms with Crippen molar-refractivity contribution in [1.82, 2.24) is 5.32 Å². The Balaban J connectivity index is 1.18. The van der Waals surface area contributed by atoms with Gasteiger partial charge in [-0.15, -0.1) is 0 Å². The second kappa shape index (κ2) is 12.5. The standard InChI is InChI=1S/C48H34N4/c1-47(38-17-4-2-5-18-38)51-45(35-28-26-34(27-29-35)36-15-12-14-33(30-36)32-49)50-46(52-47)37-16-13-21-40(31-37)48(39-19-6-3-7-20-39)43-24-10-8-22-41(43)42-23-9-11-25-44(42)48/h2-31H,1H3,(H,50,51,52). The monoisotopic (exact) mass is 666 g/mol. The number of hydrogen-bond donors (Lipinski definition) is 1. The van der Waals surface area contributed by atoms with Crippen LogP contribution >= 0.6 is 0 Å². The molecule has 1 aliphatic heterocycles. The van der Waals surface area contributed by atoms with Gasteiger partial charge in [-0.05, 0) is 69.6 Å². The highest BCUT2D eigenvalue weighted by Crippen LogP contribution is 2.56. The number of benzene rings is 7. The van der Waals surface area contributed by atoms with Crippen LogP contribution in [0.2, 0.25) is 0 Å². The summed E-state index contributed by atoms with van der Waals surface area (Å²) in [6, 6.07) is 65.9. The lowest BCUT2D eigenvalue weighted by atomic mass is 9.67. The van der Waals surface area contributed by atoms with Crippen LogP contribution in [0.4, 0.5) is 0 Å². The van der Waals surface area contributed by atoms with Gasteiger partial charge in [0.25, 0.3) is 0 Å². The van der Waals surface area contributed by atoms with Gasteiger partial charge in [0.05, 0.1) is 17.0 Å². The number of fused-ring (bicyclic) bond motifs is 3. The molecule has 2 aliphatic rings. The molecule has 1 N–H and O–H groups in total. The molecule has 4 nitrogen and oxygen atoms in total. The topological polar surface area (TPSA) is 60.5 Å². The van der Waals surface area contributed by atoms with Crippen molar-refractivity contribution in [3.05, 3.63) is 226 Å². The van der Waals surface area contributed by atoms with Crippen molar-refractivity contribution in [2.24, 2.45) is 9.98 Å². The quantitative estimate of drug-likeness (QED) is 0.192. The molecule has 7 aromatic carbocycles. The van der Waals surface area contributed by atoms with Crippen molar-refractivity contribution in [1.29, 1.82) is 5.26 Å². The average Bonchev–Trinajstić information content (AvgIpc) is 3.52. The fourth-order valence-electron chi connectivity index (χ4n) is 7.99. The van der Waals surface area contributed by atoms with E-state index >= 15 is 0 Å². The minimum atomic E-state index is -0.864. The minimum Gasteiger partial charge on any atom is -0.324 e. The van der Waals surface area contributed by atoms with Crippen LogP contribution in [0.25, 0.3) is 22.3 Å². The average molecular weight is 667 g/mol. The van der Waals surface area contributed by atoms with Crippen LogP contribution in [-0.2, 0) is 11.1 Å². The molecule has 0 aromatic heterocycles. The van der Waals surface area contributed by atoms with Gasteiger partial charge in [-0.2, -0.15) is 5.26 Å². The van der Waals surface area contributed by atoms with Crippen LogP contribution in [0.3, 0.4) is 0 Å². The first-order chi connectivity index (χ1) is 25.6. The number of rotatable bonds is 6. The first-order valence-corrected chi connectivity index (χ1v) is 17.6. The molecular weight excluding hydrogens is 633 g/mol. The van der Waals surface area contributed by atoms with Gasteiger partial charge in [-0.3, -0.25) is 0 Å². The van der Waals surface area contributed by atoms with Crippen molar-refractivity contribution < 1.29 is 0 Å². The Bertz CT molecular complexity index is 2520. The molecule has 1 heterocycles. The third-order valence-electron chi connectivity index (χ3n) is 10.4. The van der Waals surface area contributed by atoms with E-state index in [4.69, 9.17) is 9.98 Å². The van der Waals surface area contributed by atoms with E-state index in [9.17, 15) is 5.26 Å². The van der Waals surface area contributed by atoms with Crippen LogP contribution in [0.5, 0.6) is 0 Å². The predicted octanol–water partition coefficient (Wildman–Crippen LogP) is 10.3. The number of aliphatic imine (C=N–C) groups is 2. The Morgan fingerprint density at radius 2 is 0.981 bits per heavy atom. The van der Waals surface area contributed by atoms with E-state index in [2.05, 4.69) is 158 Å². The summed E-state index contributed by atoms with van der Waals surface area (Å²) in [5.74, 6) is 1.50. The summed E-state index contributed by atoms with van der Waals surface area (Å²) >= 11 is 0. The van der Waals surface area contributed by atoms with Gasteiger partial charge >= 0.3 is 0 Å². The maximum atomic E-state index is 9.44. The van der Waals surface area contributed by atoms with Gasteiger partial charge < -0.3 is 5.32 Å². The second-order valence-electron chi connectivity index (χ2n) is 13.5. The first-order valence-electron chi connectivity index (χ1n) is 17.6. The fourth-order valence-corrected chi connectivity index (χ4v) is 7.99. The summed E-state index contributed by atoms with van der Waals surface area (Å²) in [6.07, 6.45) is 0. The number of nitrogens with one attached hydrogen (secondary N) is 1. The van der Waals surface area contributed by atoms with Crippen molar-refractivity contribution in [2.75, 3.05) is 0 Å². The highest BCUT2D eigenvalue weighted by molar-refractivity contribution is 6.16. The number of nitriles is 1. The molecule has 0 saturated carbocycles. The molecule has 246 valence electrons. The SMILES string of the molecule is CC1(c2ccccc2)N=C(c2ccc(-c3cccc(C#N)c3)cc2)NC(c2cccc(C3(c4ccccc4)c4ccccc4-c4ccccc43)c2)=N1. The molecule has 0 spiro atoms. The molecule has 9 rings (SSSR count).